The van der Waals surface area contributed by atoms with Crippen LogP contribution in [0.4, 0.5) is 4.79 Å². The maximum absolute atomic E-state index is 11.4. The lowest BCUT2D eigenvalue weighted by Crippen LogP contribution is -2.45. The molecule has 1 saturated heterocycles. The Labute approximate surface area is 72.1 Å². The van der Waals surface area contributed by atoms with Crippen LogP contribution in [-0.2, 0) is 4.74 Å². The van der Waals surface area contributed by atoms with Crippen LogP contribution >= 0.6 is 0 Å². The Bertz CT molecular complexity index is 204. The summed E-state index contributed by atoms with van der Waals surface area (Å²) in [6, 6.07) is 2.14. The number of morpholine rings is 1. The number of ether oxygens (including phenoxy) is 1. The van der Waals surface area contributed by atoms with Gasteiger partial charge in [-0.05, 0) is 0 Å². The fraction of sp³-hybridized carbons (Fsp3) is 0.625. The van der Waals surface area contributed by atoms with Crippen LogP contribution in [0.1, 0.15) is 0 Å². The van der Waals surface area contributed by atoms with E-state index in [-0.39, 0.29) is 6.03 Å². The molecule has 4 nitrogen and oxygen atoms in total. The van der Waals surface area contributed by atoms with E-state index in [1.807, 2.05) is 0 Å². The highest BCUT2D eigenvalue weighted by molar-refractivity contribution is 5.75. The molecule has 0 saturated carbocycles. The van der Waals surface area contributed by atoms with Crippen molar-refractivity contribution in [3.8, 4) is 12.5 Å². The van der Waals surface area contributed by atoms with Crippen molar-refractivity contribution in [2.45, 2.75) is 0 Å². The van der Waals surface area contributed by atoms with Gasteiger partial charge in [-0.1, -0.05) is 6.42 Å². The van der Waals surface area contributed by atoms with Crippen molar-refractivity contribution < 1.29 is 9.53 Å². The zero-order chi connectivity index (χ0) is 8.97. The number of carbonyl (C=O) groups excluding carboxylic acids is 1. The maximum Gasteiger partial charge on any atom is 0.331 e. The second-order valence-electron chi connectivity index (χ2n) is 2.57. The van der Waals surface area contributed by atoms with Crippen molar-refractivity contribution >= 4 is 6.03 Å². The summed E-state index contributed by atoms with van der Waals surface area (Å²) in [5, 5.41) is 0. The third kappa shape index (κ3) is 1.89. The molecule has 0 aliphatic carbocycles. The number of hydrogen-bond acceptors (Lipinski definition) is 2. The first-order valence-electron chi connectivity index (χ1n) is 3.82. The van der Waals surface area contributed by atoms with Crippen LogP contribution < -0.4 is 0 Å². The smallest absolute Gasteiger partial charge is 0.331 e. The Hall–Kier alpha value is -1.21. The van der Waals surface area contributed by atoms with E-state index in [0.29, 0.717) is 26.3 Å². The number of nitrogens with zero attached hydrogens (tertiary/aromatic N) is 2. The Morgan fingerprint density at radius 1 is 1.58 bits per heavy atom. The summed E-state index contributed by atoms with van der Waals surface area (Å²) in [7, 11) is 1.58. The van der Waals surface area contributed by atoms with Gasteiger partial charge in [-0.25, -0.2) is 4.79 Å². The summed E-state index contributed by atoms with van der Waals surface area (Å²) in [6.45, 7) is 2.46. The number of terminal acetylenes is 1. The van der Waals surface area contributed by atoms with Gasteiger partial charge in [0.05, 0.1) is 13.2 Å². The van der Waals surface area contributed by atoms with Gasteiger partial charge in [0.2, 0.25) is 0 Å². The quantitative estimate of drug-likeness (QED) is 0.375. The molecule has 0 spiro atoms. The highest BCUT2D eigenvalue weighted by Crippen LogP contribution is 2.00. The molecule has 1 aliphatic rings. The predicted molar refractivity (Wildman–Crippen MR) is 44.4 cm³/mol. The van der Waals surface area contributed by atoms with E-state index in [1.54, 1.807) is 11.9 Å². The van der Waals surface area contributed by atoms with E-state index in [9.17, 15) is 4.79 Å². The second-order valence-corrected chi connectivity index (χ2v) is 2.57. The van der Waals surface area contributed by atoms with Crippen LogP contribution in [0, 0.1) is 12.5 Å². The first-order valence-corrected chi connectivity index (χ1v) is 3.82. The van der Waals surface area contributed by atoms with E-state index in [2.05, 4.69) is 6.04 Å². The molecular weight excluding hydrogens is 156 g/mol. The molecule has 0 bridgehead atoms. The highest BCUT2D eigenvalue weighted by atomic mass is 16.5. The molecule has 1 aliphatic heterocycles. The molecule has 1 heterocycles. The largest absolute Gasteiger partial charge is 0.378 e. The van der Waals surface area contributed by atoms with Crippen LogP contribution in [0.5, 0.6) is 0 Å². The summed E-state index contributed by atoms with van der Waals surface area (Å²) >= 11 is 0. The monoisotopic (exact) mass is 168 g/mol. The Morgan fingerprint density at radius 2 is 2.17 bits per heavy atom. The molecule has 0 N–H and O–H groups in total. The lowest BCUT2D eigenvalue weighted by molar-refractivity contribution is 0.0486. The van der Waals surface area contributed by atoms with Crippen molar-refractivity contribution in [1.82, 2.24) is 9.80 Å². The van der Waals surface area contributed by atoms with Crippen molar-refractivity contribution in [2.75, 3.05) is 33.4 Å². The first kappa shape index (κ1) is 8.88. The predicted octanol–water partition coefficient (Wildman–Crippen LogP) is -0.0389. The number of amides is 2. The Balaban J connectivity index is 2.46. The average molecular weight is 168 g/mol. The van der Waals surface area contributed by atoms with Gasteiger partial charge in [0.15, 0.2) is 0 Å². The van der Waals surface area contributed by atoms with Gasteiger partial charge in [0.1, 0.15) is 0 Å². The van der Waals surface area contributed by atoms with E-state index in [4.69, 9.17) is 11.2 Å². The topological polar surface area (TPSA) is 32.8 Å². The molecule has 0 aromatic heterocycles. The number of carbonyl (C=O) groups is 1. The van der Waals surface area contributed by atoms with Crippen molar-refractivity contribution in [2.24, 2.45) is 0 Å². The molecule has 1 rings (SSSR count). The molecule has 66 valence electrons. The fourth-order valence-corrected chi connectivity index (χ4v) is 1.02. The van der Waals surface area contributed by atoms with Crippen molar-refractivity contribution in [3.05, 3.63) is 0 Å². The van der Waals surface area contributed by atoms with E-state index >= 15 is 0 Å². The van der Waals surface area contributed by atoms with E-state index < -0.39 is 0 Å². The van der Waals surface area contributed by atoms with Gasteiger partial charge < -0.3 is 9.64 Å². The molecule has 0 atom stereocenters. The molecule has 0 unspecified atom stereocenters. The zero-order valence-electron chi connectivity index (χ0n) is 7.12. The number of hydrogen-bond donors (Lipinski definition) is 0. The van der Waals surface area contributed by atoms with Gasteiger partial charge in [0, 0.05) is 26.2 Å². The third-order valence-electron chi connectivity index (χ3n) is 1.76. The average Bonchev–Trinajstić information content (AvgIpc) is 2.17. The summed E-state index contributed by atoms with van der Waals surface area (Å²) in [6.07, 6.45) is 5.08. The molecular formula is C8H12N2O2. The van der Waals surface area contributed by atoms with Crippen LogP contribution in [-0.4, -0.2) is 49.2 Å². The maximum atomic E-state index is 11.4. The lowest BCUT2D eigenvalue weighted by atomic mass is 10.4. The summed E-state index contributed by atoms with van der Waals surface area (Å²) in [5.41, 5.74) is 0. The van der Waals surface area contributed by atoms with Gasteiger partial charge in [0.25, 0.3) is 0 Å². The summed E-state index contributed by atoms with van der Waals surface area (Å²) in [5.74, 6) is 0. The highest BCUT2D eigenvalue weighted by Gasteiger charge is 2.18. The fourth-order valence-electron chi connectivity index (χ4n) is 1.02. The first-order chi connectivity index (χ1) is 5.75. The Kier molecular flexibility index (Phi) is 2.94. The minimum atomic E-state index is -0.124. The number of urea groups is 1. The Morgan fingerprint density at radius 3 is 2.67 bits per heavy atom. The molecule has 0 radical (unpaired) electrons. The van der Waals surface area contributed by atoms with Crippen molar-refractivity contribution in [1.29, 1.82) is 0 Å². The van der Waals surface area contributed by atoms with Crippen molar-refractivity contribution in [3.63, 3.8) is 0 Å². The van der Waals surface area contributed by atoms with Gasteiger partial charge >= 0.3 is 6.03 Å². The third-order valence-corrected chi connectivity index (χ3v) is 1.76. The number of rotatable bonds is 0. The minimum Gasteiger partial charge on any atom is -0.378 e. The van der Waals surface area contributed by atoms with Gasteiger partial charge in [-0.3, -0.25) is 4.90 Å². The zero-order valence-corrected chi connectivity index (χ0v) is 7.12. The van der Waals surface area contributed by atoms with Crippen LogP contribution in [0.25, 0.3) is 0 Å². The van der Waals surface area contributed by atoms with Crippen LogP contribution in [0.15, 0.2) is 0 Å². The van der Waals surface area contributed by atoms with Gasteiger partial charge in [-0.2, -0.15) is 0 Å². The molecule has 12 heavy (non-hydrogen) atoms. The lowest BCUT2D eigenvalue weighted by Gasteiger charge is -2.28. The molecule has 0 aromatic carbocycles. The normalized spacial score (nSPS) is 16.8. The second kappa shape index (κ2) is 3.98. The van der Waals surface area contributed by atoms with E-state index in [0.717, 1.165) is 0 Å². The SMILES string of the molecule is C#CN(C)C(=O)N1CCOCC1. The van der Waals surface area contributed by atoms with E-state index in [1.165, 1.54) is 4.90 Å². The van der Waals surface area contributed by atoms with Gasteiger partial charge in [-0.15, -0.1) is 0 Å². The molecule has 2 amide bonds. The molecule has 0 aromatic rings. The summed E-state index contributed by atoms with van der Waals surface area (Å²) < 4.78 is 5.10. The molecule has 4 heteroatoms. The standard InChI is InChI=1S/C8H12N2O2/c1-3-9(2)8(11)10-4-6-12-7-5-10/h1H,4-7H2,2H3. The minimum absolute atomic E-state index is 0.124. The molecule has 1 fully saturated rings. The summed E-state index contributed by atoms with van der Waals surface area (Å²) in [4.78, 5) is 14.3. The van der Waals surface area contributed by atoms with Crippen LogP contribution in [0.2, 0.25) is 0 Å². The van der Waals surface area contributed by atoms with Crippen LogP contribution in [0.3, 0.4) is 0 Å².